The van der Waals surface area contributed by atoms with Gasteiger partial charge in [-0.2, -0.15) is 0 Å². The number of carbonyl (C=O) groups is 1. The maximum Gasteiger partial charge on any atom is 0.162 e. The van der Waals surface area contributed by atoms with Gasteiger partial charge in [-0.25, -0.2) is 0 Å². The van der Waals surface area contributed by atoms with Crippen molar-refractivity contribution in [2.45, 2.75) is 13.0 Å². The number of aliphatic hydroxyl groups excluding tert-OH is 1. The summed E-state index contributed by atoms with van der Waals surface area (Å²) in [5.41, 5.74) is 3.17. The molecule has 0 bridgehead atoms. The molecule has 1 N–H and O–H groups in total. The van der Waals surface area contributed by atoms with Crippen LogP contribution in [0, 0.1) is 0 Å². The molecule has 0 saturated carbocycles. The number of benzene rings is 2. The van der Waals surface area contributed by atoms with Gasteiger partial charge in [0.05, 0.1) is 0 Å². The van der Waals surface area contributed by atoms with Gasteiger partial charge in [0.1, 0.15) is 6.61 Å². The van der Waals surface area contributed by atoms with E-state index in [4.69, 9.17) is 5.11 Å². The molecular weight excluding hydrogens is 330 g/mol. The molecule has 0 radical (unpaired) electrons. The fourth-order valence-corrected chi connectivity index (χ4v) is 2.60. The lowest BCUT2D eigenvalue weighted by molar-refractivity contribution is -0.121. The van der Waals surface area contributed by atoms with Gasteiger partial charge in [-0.3, -0.25) is 4.79 Å². The first kappa shape index (κ1) is 15.7. The van der Waals surface area contributed by atoms with Crippen molar-refractivity contribution in [2.75, 3.05) is 18.6 Å². The summed E-state index contributed by atoms with van der Waals surface area (Å²) in [5.74, 6) is -0.160. The second kappa shape index (κ2) is 7.38. The topological polar surface area (TPSA) is 40.5 Å². The van der Waals surface area contributed by atoms with Gasteiger partial charge < -0.3 is 10.0 Å². The van der Waals surface area contributed by atoms with Gasteiger partial charge in [-0.05, 0) is 29.3 Å². The van der Waals surface area contributed by atoms with E-state index in [1.807, 2.05) is 49.5 Å². The van der Waals surface area contributed by atoms with Crippen LogP contribution < -0.4 is 4.90 Å². The highest BCUT2D eigenvalue weighted by Crippen LogP contribution is 2.21. The summed E-state index contributed by atoms with van der Waals surface area (Å²) < 4.78 is 1.04. The van der Waals surface area contributed by atoms with Crippen LogP contribution in [-0.2, 0) is 17.8 Å². The molecule has 0 atom stereocenters. The molecule has 21 heavy (non-hydrogen) atoms. The molecule has 4 heteroatoms. The van der Waals surface area contributed by atoms with Crippen molar-refractivity contribution in [1.82, 2.24) is 0 Å². The molecule has 0 aliphatic carbocycles. The lowest BCUT2D eigenvalue weighted by Crippen LogP contribution is -2.18. The minimum absolute atomic E-state index is 0.160. The molecule has 0 unspecified atom stereocenters. The third kappa shape index (κ3) is 4.41. The van der Waals surface area contributed by atoms with E-state index in [2.05, 4.69) is 26.9 Å². The number of rotatable bonds is 6. The van der Waals surface area contributed by atoms with Crippen LogP contribution >= 0.6 is 15.9 Å². The Hall–Kier alpha value is -1.65. The van der Waals surface area contributed by atoms with E-state index in [1.165, 1.54) is 0 Å². The highest BCUT2D eigenvalue weighted by atomic mass is 79.9. The Morgan fingerprint density at radius 2 is 1.86 bits per heavy atom. The second-order valence-electron chi connectivity index (χ2n) is 4.98. The largest absolute Gasteiger partial charge is 0.389 e. The fourth-order valence-electron chi connectivity index (χ4n) is 2.21. The van der Waals surface area contributed by atoms with E-state index in [0.29, 0.717) is 6.54 Å². The number of hydrogen-bond acceptors (Lipinski definition) is 3. The van der Waals surface area contributed by atoms with Gasteiger partial charge in [0.25, 0.3) is 0 Å². The molecule has 0 aliphatic heterocycles. The number of hydrogen-bond donors (Lipinski definition) is 1. The number of halogens is 1. The van der Waals surface area contributed by atoms with Crippen molar-refractivity contribution in [3.8, 4) is 0 Å². The van der Waals surface area contributed by atoms with Crippen LogP contribution in [0.15, 0.2) is 53.0 Å². The Labute approximate surface area is 133 Å². The predicted octanol–water partition coefficient (Wildman–Crippen LogP) is 3.19. The number of anilines is 1. The van der Waals surface area contributed by atoms with E-state index in [1.54, 1.807) is 0 Å². The first-order valence-corrected chi connectivity index (χ1v) is 7.55. The summed E-state index contributed by atoms with van der Waals surface area (Å²) in [7, 11) is 2.02. The Balaban J connectivity index is 2.17. The molecule has 3 nitrogen and oxygen atoms in total. The third-order valence-electron chi connectivity index (χ3n) is 3.34. The highest BCUT2D eigenvalue weighted by molar-refractivity contribution is 9.10. The summed E-state index contributed by atoms with van der Waals surface area (Å²) in [4.78, 5) is 13.6. The molecule has 0 fully saturated rings. The van der Waals surface area contributed by atoms with Crippen LogP contribution in [0.25, 0.3) is 0 Å². The summed E-state index contributed by atoms with van der Waals surface area (Å²) in [6.45, 7) is 0.307. The molecule has 2 aromatic rings. The van der Waals surface area contributed by atoms with Crippen LogP contribution in [0.5, 0.6) is 0 Å². The van der Waals surface area contributed by atoms with Crippen molar-refractivity contribution in [2.24, 2.45) is 0 Å². The SMILES string of the molecule is CN(Cc1ccccc1CC(=O)CO)c1cccc(Br)c1. The Morgan fingerprint density at radius 1 is 1.14 bits per heavy atom. The lowest BCUT2D eigenvalue weighted by atomic mass is 10.0. The van der Waals surface area contributed by atoms with Gasteiger partial charge in [-0.1, -0.05) is 46.3 Å². The monoisotopic (exact) mass is 347 g/mol. The van der Waals surface area contributed by atoms with Gasteiger partial charge >= 0.3 is 0 Å². The fraction of sp³-hybridized carbons (Fsp3) is 0.235. The van der Waals surface area contributed by atoms with Crippen molar-refractivity contribution < 1.29 is 9.90 Å². The molecule has 0 spiro atoms. The maximum atomic E-state index is 11.5. The summed E-state index contributed by atoms with van der Waals surface area (Å²) in [6, 6.07) is 15.9. The molecule has 0 aliphatic rings. The number of aliphatic hydroxyl groups is 1. The molecule has 0 saturated heterocycles. The lowest BCUT2D eigenvalue weighted by Gasteiger charge is -2.21. The molecule has 110 valence electrons. The van der Waals surface area contributed by atoms with Gasteiger partial charge in [0.2, 0.25) is 0 Å². The van der Waals surface area contributed by atoms with Crippen molar-refractivity contribution in [3.05, 3.63) is 64.1 Å². The maximum absolute atomic E-state index is 11.5. The first-order valence-electron chi connectivity index (χ1n) is 6.76. The van der Waals surface area contributed by atoms with Gasteiger partial charge in [0, 0.05) is 30.2 Å². The Morgan fingerprint density at radius 3 is 2.52 bits per heavy atom. The smallest absolute Gasteiger partial charge is 0.162 e. The molecule has 2 rings (SSSR count). The number of Topliss-reactive ketones (excluding diaryl/α,β-unsaturated/α-hetero) is 1. The molecule has 0 amide bonds. The minimum Gasteiger partial charge on any atom is -0.389 e. The zero-order valence-electron chi connectivity index (χ0n) is 11.9. The van der Waals surface area contributed by atoms with Gasteiger partial charge in [0.15, 0.2) is 5.78 Å². The van der Waals surface area contributed by atoms with E-state index in [0.717, 1.165) is 21.3 Å². The number of nitrogens with zero attached hydrogens (tertiary/aromatic N) is 1. The average molecular weight is 348 g/mol. The summed E-state index contributed by atoms with van der Waals surface area (Å²) in [5, 5.41) is 8.91. The number of ketones is 1. The minimum atomic E-state index is -0.407. The van der Waals surface area contributed by atoms with Crippen LogP contribution in [-0.4, -0.2) is 24.5 Å². The zero-order chi connectivity index (χ0) is 15.2. The third-order valence-corrected chi connectivity index (χ3v) is 3.83. The quantitative estimate of drug-likeness (QED) is 0.872. The van der Waals surface area contributed by atoms with E-state index in [9.17, 15) is 4.79 Å². The van der Waals surface area contributed by atoms with Crippen LogP contribution in [0.1, 0.15) is 11.1 Å². The highest BCUT2D eigenvalue weighted by Gasteiger charge is 2.09. The van der Waals surface area contributed by atoms with Crippen LogP contribution in [0.2, 0.25) is 0 Å². The Bertz CT molecular complexity index is 628. The molecule has 0 heterocycles. The molecule has 2 aromatic carbocycles. The van der Waals surface area contributed by atoms with Gasteiger partial charge in [-0.15, -0.1) is 0 Å². The van der Waals surface area contributed by atoms with Crippen LogP contribution in [0.3, 0.4) is 0 Å². The summed E-state index contributed by atoms with van der Waals surface area (Å²) in [6.07, 6.45) is 0.277. The van der Waals surface area contributed by atoms with E-state index < -0.39 is 6.61 Å². The van der Waals surface area contributed by atoms with Crippen molar-refractivity contribution in [1.29, 1.82) is 0 Å². The van der Waals surface area contributed by atoms with Crippen molar-refractivity contribution in [3.63, 3.8) is 0 Å². The van der Waals surface area contributed by atoms with Crippen molar-refractivity contribution >= 4 is 27.4 Å². The van der Waals surface area contributed by atoms with E-state index >= 15 is 0 Å². The molecule has 0 aromatic heterocycles. The first-order chi connectivity index (χ1) is 10.1. The second-order valence-corrected chi connectivity index (χ2v) is 5.89. The normalized spacial score (nSPS) is 10.4. The van der Waals surface area contributed by atoms with Crippen LogP contribution in [0.4, 0.5) is 5.69 Å². The average Bonchev–Trinajstić information content (AvgIpc) is 2.49. The number of carbonyl (C=O) groups excluding carboxylic acids is 1. The summed E-state index contributed by atoms with van der Waals surface area (Å²) >= 11 is 3.47. The molecular formula is C17H18BrNO2. The predicted molar refractivity (Wildman–Crippen MR) is 88.5 cm³/mol. The van der Waals surface area contributed by atoms with E-state index in [-0.39, 0.29) is 12.2 Å². The Kier molecular flexibility index (Phi) is 5.53. The zero-order valence-corrected chi connectivity index (χ0v) is 13.5. The standard InChI is InChI=1S/C17H18BrNO2/c1-19(16-8-4-7-15(18)10-16)11-14-6-3-2-5-13(14)9-17(21)12-20/h2-8,10,20H,9,11-12H2,1H3.